The highest BCUT2D eigenvalue weighted by atomic mass is 35.5. The van der Waals surface area contributed by atoms with Crippen molar-refractivity contribution in [3.05, 3.63) is 83.9 Å². The van der Waals surface area contributed by atoms with Crippen LogP contribution < -0.4 is 14.8 Å². The van der Waals surface area contributed by atoms with E-state index in [4.69, 9.17) is 16.3 Å². The number of para-hydroxylation sites is 2. The van der Waals surface area contributed by atoms with Crippen LogP contribution in [0.5, 0.6) is 5.75 Å². The fraction of sp³-hybridized carbons (Fsp3) is 0.136. The topological polar surface area (TPSA) is 84.5 Å². The SMILES string of the molecule is CC[C@@H](Oc1ccccc1)C(=O)Nc1ccc(S(=O)(=O)Nc2ccccc2Cl)cc1. The molecule has 3 aromatic carbocycles. The molecule has 0 spiro atoms. The van der Waals surface area contributed by atoms with Gasteiger partial charge in [0.2, 0.25) is 0 Å². The second-order valence-electron chi connectivity index (χ2n) is 6.43. The highest BCUT2D eigenvalue weighted by Gasteiger charge is 2.19. The van der Waals surface area contributed by atoms with Crippen molar-refractivity contribution in [1.82, 2.24) is 0 Å². The Balaban J connectivity index is 1.67. The maximum absolute atomic E-state index is 12.6. The first kappa shape index (κ1) is 21.7. The highest BCUT2D eigenvalue weighted by Crippen LogP contribution is 2.24. The van der Waals surface area contributed by atoms with Gasteiger partial charge in [0, 0.05) is 5.69 Å². The van der Waals surface area contributed by atoms with Crippen molar-refractivity contribution < 1.29 is 17.9 Å². The third kappa shape index (κ3) is 5.52. The predicted octanol–water partition coefficient (Wildman–Crippen LogP) is 4.94. The first-order valence-corrected chi connectivity index (χ1v) is 11.1. The van der Waals surface area contributed by atoms with E-state index in [1.54, 1.807) is 36.4 Å². The lowest BCUT2D eigenvalue weighted by molar-refractivity contribution is -0.122. The molecule has 2 N–H and O–H groups in total. The summed E-state index contributed by atoms with van der Waals surface area (Å²) in [5, 5.41) is 3.05. The summed E-state index contributed by atoms with van der Waals surface area (Å²) >= 11 is 6.02. The van der Waals surface area contributed by atoms with E-state index >= 15 is 0 Å². The molecule has 30 heavy (non-hydrogen) atoms. The molecule has 6 nitrogen and oxygen atoms in total. The van der Waals surface area contributed by atoms with Crippen LogP contribution in [0.4, 0.5) is 11.4 Å². The second-order valence-corrected chi connectivity index (χ2v) is 8.52. The Labute approximate surface area is 180 Å². The number of amides is 1. The van der Waals surface area contributed by atoms with Crippen molar-refractivity contribution in [3.63, 3.8) is 0 Å². The van der Waals surface area contributed by atoms with E-state index in [0.717, 1.165) is 0 Å². The maximum Gasteiger partial charge on any atom is 0.265 e. The Bertz CT molecular complexity index is 1100. The Kier molecular flexibility index (Phi) is 6.97. The molecule has 0 radical (unpaired) electrons. The van der Waals surface area contributed by atoms with E-state index in [0.29, 0.717) is 28.6 Å². The van der Waals surface area contributed by atoms with Crippen LogP contribution >= 0.6 is 11.6 Å². The van der Waals surface area contributed by atoms with Gasteiger partial charge >= 0.3 is 0 Å². The summed E-state index contributed by atoms with van der Waals surface area (Å²) in [6.07, 6.45) is -0.188. The molecule has 0 aromatic heterocycles. The van der Waals surface area contributed by atoms with Gasteiger partial charge in [-0.3, -0.25) is 9.52 Å². The van der Waals surface area contributed by atoms with E-state index in [-0.39, 0.29) is 10.8 Å². The summed E-state index contributed by atoms with van der Waals surface area (Å²) in [5.41, 5.74) is 0.757. The average Bonchev–Trinajstić information content (AvgIpc) is 2.74. The van der Waals surface area contributed by atoms with Gasteiger partial charge in [-0.25, -0.2) is 8.42 Å². The number of sulfonamides is 1. The Morgan fingerprint density at radius 2 is 1.60 bits per heavy atom. The maximum atomic E-state index is 12.6. The molecule has 8 heteroatoms. The Morgan fingerprint density at radius 3 is 2.23 bits per heavy atom. The van der Waals surface area contributed by atoms with Crippen molar-refractivity contribution in [2.24, 2.45) is 0 Å². The molecule has 3 rings (SSSR count). The number of nitrogens with one attached hydrogen (secondary N) is 2. The van der Waals surface area contributed by atoms with Crippen LogP contribution in [0.1, 0.15) is 13.3 Å². The fourth-order valence-corrected chi connectivity index (χ4v) is 3.99. The fourth-order valence-electron chi connectivity index (χ4n) is 2.67. The molecule has 0 heterocycles. The van der Waals surface area contributed by atoms with E-state index in [1.807, 2.05) is 25.1 Å². The van der Waals surface area contributed by atoms with Crippen molar-refractivity contribution in [2.45, 2.75) is 24.3 Å². The molecule has 0 aliphatic carbocycles. The number of halogens is 1. The van der Waals surface area contributed by atoms with Crippen LogP contribution in [0, 0.1) is 0 Å². The third-order valence-electron chi connectivity index (χ3n) is 4.24. The molecule has 0 aliphatic heterocycles. The second kappa shape index (κ2) is 9.65. The van der Waals surface area contributed by atoms with Crippen LogP contribution in [0.15, 0.2) is 83.8 Å². The zero-order valence-corrected chi connectivity index (χ0v) is 17.8. The molecule has 0 bridgehead atoms. The zero-order chi connectivity index (χ0) is 21.6. The molecule has 3 aromatic rings. The molecule has 0 aliphatic rings. The lowest BCUT2D eigenvalue weighted by Crippen LogP contribution is -2.32. The number of benzene rings is 3. The number of hydrogen-bond donors (Lipinski definition) is 2. The molecule has 1 atom stereocenters. The monoisotopic (exact) mass is 444 g/mol. The predicted molar refractivity (Wildman–Crippen MR) is 118 cm³/mol. The number of hydrogen-bond acceptors (Lipinski definition) is 4. The summed E-state index contributed by atoms with van der Waals surface area (Å²) in [6, 6.07) is 21.5. The number of carbonyl (C=O) groups excluding carboxylic acids is 1. The quantitative estimate of drug-likeness (QED) is 0.515. The summed E-state index contributed by atoms with van der Waals surface area (Å²) in [5.74, 6) is 0.290. The molecular weight excluding hydrogens is 424 g/mol. The molecule has 0 saturated carbocycles. The van der Waals surface area contributed by atoms with Crippen LogP contribution in [0.2, 0.25) is 5.02 Å². The smallest absolute Gasteiger partial charge is 0.265 e. The molecule has 1 amide bonds. The van der Waals surface area contributed by atoms with Crippen molar-refractivity contribution in [3.8, 4) is 5.75 Å². The number of anilines is 2. The van der Waals surface area contributed by atoms with Gasteiger partial charge in [0.05, 0.1) is 15.6 Å². The number of carbonyl (C=O) groups is 1. The molecule has 156 valence electrons. The van der Waals surface area contributed by atoms with Gasteiger partial charge in [-0.05, 0) is 55.0 Å². The normalized spacial score (nSPS) is 12.1. The van der Waals surface area contributed by atoms with Gasteiger partial charge in [0.1, 0.15) is 5.75 Å². The van der Waals surface area contributed by atoms with Crippen molar-refractivity contribution in [2.75, 3.05) is 10.0 Å². The minimum atomic E-state index is -3.81. The van der Waals surface area contributed by atoms with Gasteiger partial charge in [0.25, 0.3) is 15.9 Å². The third-order valence-corrected chi connectivity index (χ3v) is 5.95. The van der Waals surface area contributed by atoms with E-state index in [2.05, 4.69) is 10.0 Å². The average molecular weight is 445 g/mol. The van der Waals surface area contributed by atoms with Crippen LogP contribution in [0.25, 0.3) is 0 Å². The van der Waals surface area contributed by atoms with Gasteiger partial charge < -0.3 is 10.1 Å². The van der Waals surface area contributed by atoms with Crippen LogP contribution in [-0.4, -0.2) is 20.4 Å². The number of rotatable bonds is 8. The van der Waals surface area contributed by atoms with E-state index in [9.17, 15) is 13.2 Å². The molecule has 0 fully saturated rings. The first-order valence-electron chi connectivity index (χ1n) is 9.29. The van der Waals surface area contributed by atoms with Crippen LogP contribution in [0.3, 0.4) is 0 Å². The highest BCUT2D eigenvalue weighted by molar-refractivity contribution is 7.92. The summed E-state index contributed by atoms with van der Waals surface area (Å²) in [4.78, 5) is 12.6. The Morgan fingerprint density at radius 1 is 0.967 bits per heavy atom. The van der Waals surface area contributed by atoms with Crippen LogP contribution in [-0.2, 0) is 14.8 Å². The zero-order valence-electron chi connectivity index (χ0n) is 16.2. The summed E-state index contributed by atoms with van der Waals surface area (Å²) in [6.45, 7) is 1.85. The molecule has 0 unspecified atom stereocenters. The van der Waals surface area contributed by atoms with Crippen molar-refractivity contribution in [1.29, 1.82) is 0 Å². The number of ether oxygens (including phenoxy) is 1. The van der Waals surface area contributed by atoms with Gasteiger partial charge in [-0.1, -0.05) is 48.9 Å². The minimum absolute atomic E-state index is 0.0491. The minimum Gasteiger partial charge on any atom is -0.481 e. The largest absolute Gasteiger partial charge is 0.481 e. The lowest BCUT2D eigenvalue weighted by Gasteiger charge is -2.17. The van der Waals surface area contributed by atoms with Gasteiger partial charge in [-0.15, -0.1) is 0 Å². The molecular formula is C22H21ClN2O4S. The first-order chi connectivity index (χ1) is 14.4. The van der Waals surface area contributed by atoms with Gasteiger partial charge in [0.15, 0.2) is 6.10 Å². The standard InChI is InChI=1S/C22H21ClN2O4S/c1-2-21(29-17-8-4-3-5-9-17)22(26)24-16-12-14-18(15-13-16)30(27,28)25-20-11-7-6-10-19(20)23/h3-15,21,25H,2H2,1H3,(H,24,26)/t21-/m1/s1. The molecule has 0 saturated heterocycles. The van der Waals surface area contributed by atoms with E-state index < -0.39 is 16.1 Å². The van der Waals surface area contributed by atoms with E-state index in [1.165, 1.54) is 24.3 Å². The lowest BCUT2D eigenvalue weighted by atomic mass is 10.2. The van der Waals surface area contributed by atoms with Crippen molar-refractivity contribution >= 4 is 38.9 Å². The summed E-state index contributed by atoms with van der Waals surface area (Å²) in [7, 11) is -3.81. The van der Waals surface area contributed by atoms with Gasteiger partial charge in [-0.2, -0.15) is 0 Å². The Hall–Kier alpha value is -3.03. The summed E-state index contributed by atoms with van der Waals surface area (Å²) < 4.78 is 33.3.